The van der Waals surface area contributed by atoms with E-state index in [0.29, 0.717) is 31.3 Å². The van der Waals surface area contributed by atoms with Crippen LogP contribution in [0.25, 0.3) is 6.08 Å². The van der Waals surface area contributed by atoms with Crippen LogP contribution in [-0.4, -0.2) is 57.6 Å². The maximum atomic E-state index is 12.3. The van der Waals surface area contributed by atoms with Crippen molar-refractivity contribution in [3.63, 3.8) is 0 Å². The molecule has 1 aliphatic heterocycles. The fraction of sp³-hybridized carbons (Fsp3) is 0.368. The minimum atomic E-state index is -0.479. The molecule has 3 N–H and O–H groups in total. The molecule has 1 aromatic heterocycles. The number of nitrogens with one attached hydrogen (secondary N) is 3. The van der Waals surface area contributed by atoms with Crippen molar-refractivity contribution in [2.24, 2.45) is 0 Å². The van der Waals surface area contributed by atoms with Gasteiger partial charge in [0.05, 0.1) is 19.0 Å². The standard InChI is InChI=1S/C19H24N6O2/c1-14-22-17(24-23-14)13-21-18(26)12-16-19(27)20-9-11-25(16)10-5-8-15-6-3-2-4-7-15/h2-8,16H,9-13H2,1H3,(H,20,27)(H,21,26)(H,22,23,24). The van der Waals surface area contributed by atoms with Crippen LogP contribution in [0.3, 0.4) is 0 Å². The highest BCUT2D eigenvalue weighted by atomic mass is 16.2. The summed E-state index contributed by atoms with van der Waals surface area (Å²) in [6.07, 6.45) is 4.15. The molecule has 27 heavy (non-hydrogen) atoms. The Morgan fingerprint density at radius 2 is 2.19 bits per heavy atom. The van der Waals surface area contributed by atoms with Gasteiger partial charge < -0.3 is 10.6 Å². The predicted octanol–water partition coefficient (Wildman–Crippen LogP) is 0.633. The zero-order valence-corrected chi connectivity index (χ0v) is 15.3. The van der Waals surface area contributed by atoms with Gasteiger partial charge in [0.2, 0.25) is 11.8 Å². The lowest BCUT2D eigenvalue weighted by molar-refractivity contribution is -0.133. The molecule has 2 heterocycles. The van der Waals surface area contributed by atoms with Gasteiger partial charge in [-0.05, 0) is 12.5 Å². The number of carbonyl (C=O) groups excluding carboxylic acids is 2. The average molecular weight is 368 g/mol. The summed E-state index contributed by atoms with van der Waals surface area (Å²) in [5.74, 6) is 0.911. The van der Waals surface area contributed by atoms with E-state index in [1.54, 1.807) is 6.92 Å². The molecule has 0 saturated carbocycles. The van der Waals surface area contributed by atoms with Crippen molar-refractivity contribution in [1.82, 2.24) is 30.7 Å². The second-order valence-electron chi connectivity index (χ2n) is 6.43. The Morgan fingerprint density at radius 3 is 2.93 bits per heavy atom. The first kappa shape index (κ1) is 18.8. The van der Waals surface area contributed by atoms with E-state index in [-0.39, 0.29) is 24.8 Å². The number of piperazine rings is 1. The molecule has 8 heteroatoms. The molecule has 1 aromatic carbocycles. The van der Waals surface area contributed by atoms with Gasteiger partial charge in [-0.15, -0.1) is 0 Å². The Bertz CT molecular complexity index is 802. The van der Waals surface area contributed by atoms with Crippen LogP contribution in [0.5, 0.6) is 0 Å². The fourth-order valence-electron chi connectivity index (χ4n) is 2.98. The molecule has 1 saturated heterocycles. The summed E-state index contributed by atoms with van der Waals surface area (Å²) < 4.78 is 0. The SMILES string of the molecule is Cc1nc(CNC(=O)CC2C(=O)NCCN2CC=Cc2ccccc2)n[nH]1. The van der Waals surface area contributed by atoms with Gasteiger partial charge in [-0.1, -0.05) is 42.5 Å². The van der Waals surface area contributed by atoms with E-state index in [0.717, 1.165) is 5.56 Å². The lowest BCUT2D eigenvalue weighted by atomic mass is 10.1. The normalized spacial score (nSPS) is 17.8. The lowest BCUT2D eigenvalue weighted by Crippen LogP contribution is -2.56. The van der Waals surface area contributed by atoms with Crippen LogP contribution in [0.4, 0.5) is 0 Å². The zero-order chi connectivity index (χ0) is 19.1. The third kappa shape index (κ3) is 5.49. The zero-order valence-electron chi connectivity index (χ0n) is 15.3. The minimum absolute atomic E-state index is 0.106. The highest BCUT2D eigenvalue weighted by molar-refractivity contribution is 5.88. The number of hydrogen-bond donors (Lipinski definition) is 3. The van der Waals surface area contributed by atoms with E-state index in [1.165, 1.54) is 0 Å². The quantitative estimate of drug-likeness (QED) is 0.665. The third-order valence-corrected chi connectivity index (χ3v) is 4.36. The first-order chi connectivity index (χ1) is 13.1. The van der Waals surface area contributed by atoms with Gasteiger partial charge >= 0.3 is 0 Å². The van der Waals surface area contributed by atoms with Gasteiger partial charge in [0, 0.05) is 19.6 Å². The Hall–Kier alpha value is -3.00. The van der Waals surface area contributed by atoms with Crippen molar-refractivity contribution >= 4 is 17.9 Å². The maximum Gasteiger partial charge on any atom is 0.237 e. The molecular formula is C19H24N6O2. The number of rotatable bonds is 7. The molecule has 0 bridgehead atoms. The van der Waals surface area contributed by atoms with Crippen molar-refractivity contribution in [2.45, 2.75) is 25.9 Å². The van der Waals surface area contributed by atoms with Gasteiger partial charge in [0.1, 0.15) is 5.82 Å². The molecule has 1 fully saturated rings. The second kappa shape index (κ2) is 9.09. The Kier molecular flexibility index (Phi) is 6.32. The van der Waals surface area contributed by atoms with Gasteiger partial charge in [-0.2, -0.15) is 5.10 Å². The number of aromatic nitrogens is 3. The number of hydrogen-bond acceptors (Lipinski definition) is 5. The summed E-state index contributed by atoms with van der Waals surface area (Å²) in [4.78, 5) is 30.7. The number of amides is 2. The van der Waals surface area contributed by atoms with E-state index in [9.17, 15) is 9.59 Å². The summed E-state index contributed by atoms with van der Waals surface area (Å²) in [5, 5.41) is 12.3. The molecule has 0 spiro atoms. The highest BCUT2D eigenvalue weighted by Crippen LogP contribution is 2.10. The lowest BCUT2D eigenvalue weighted by Gasteiger charge is -2.33. The number of carbonyl (C=O) groups is 2. The van der Waals surface area contributed by atoms with E-state index < -0.39 is 6.04 Å². The first-order valence-electron chi connectivity index (χ1n) is 9.00. The maximum absolute atomic E-state index is 12.3. The summed E-state index contributed by atoms with van der Waals surface area (Å²) in [5.41, 5.74) is 1.11. The number of benzene rings is 1. The molecule has 2 aromatic rings. The van der Waals surface area contributed by atoms with Gasteiger partial charge in [0.15, 0.2) is 5.82 Å². The molecule has 0 aliphatic carbocycles. The van der Waals surface area contributed by atoms with E-state index in [2.05, 4.69) is 25.8 Å². The average Bonchev–Trinajstić information content (AvgIpc) is 3.09. The monoisotopic (exact) mass is 368 g/mol. The second-order valence-corrected chi connectivity index (χ2v) is 6.43. The van der Waals surface area contributed by atoms with Crippen LogP contribution >= 0.6 is 0 Å². The molecule has 1 aliphatic rings. The van der Waals surface area contributed by atoms with Gasteiger partial charge in [-0.3, -0.25) is 19.6 Å². The number of H-pyrrole nitrogens is 1. The third-order valence-electron chi connectivity index (χ3n) is 4.36. The van der Waals surface area contributed by atoms with Crippen molar-refractivity contribution in [2.75, 3.05) is 19.6 Å². The molecule has 1 atom stereocenters. The molecule has 142 valence electrons. The fourth-order valence-corrected chi connectivity index (χ4v) is 2.98. The molecule has 2 amide bonds. The number of aryl methyl sites for hydroxylation is 1. The van der Waals surface area contributed by atoms with Crippen LogP contribution in [0.1, 0.15) is 23.6 Å². The smallest absolute Gasteiger partial charge is 0.237 e. The largest absolute Gasteiger partial charge is 0.353 e. The summed E-state index contributed by atoms with van der Waals surface area (Å²) in [6.45, 7) is 3.95. The Balaban J connectivity index is 1.54. The summed E-state index contributed by atoms with van der Waals surface area (Å²) >= 11 is 0. The van der Waals surface area contributed by atoms with E-state index >= 15 is 0 Å². The van der Waals surface area contributed by atoms with Crippen molar-refractivity contribution in [3.05, 3.63) is 53.6 Å². The van der Waals surface area contributed by atoms with Crippen LogP contribution in [-0.2, 0) is 16.1 Å². The van der Waals surface area contributed by atoms with Crippen molar-refractivity contribution in [1.29, 1.82) is 0 Å². The van der Waals surface area contributed by atoms with E-state index in [4.69, 9.17) is 0 Å². The predicted molar refractivity (Wildman–Crippen MR) is 101 cm³/mol. The van der Waals surface area contributed by atoms with Crippen molar-refractivity contribution < 1.29 is 9.59 Å². The first-order valence-corrected chi connectivity index (χ1v) is 9.00. The van der Waals surface area contributed by atoms with Gasteiger partial charge in [0.25, 0.3) is 0 Å². The molecule has 0 radical (unpaired) electrons. The van der Waals surface area contributed by atoms with Crippen LogP contribution < -0.4 is 10.6 Å². The summed E-state index contributed by atoms with van der Waals surface area (Å²) in [7, 11) is 0. The molecular weight excluding hydrogens is 344 g/mol. The topological polar surface area (TPSA) is 103 Å². The molecule has 1 unspecified atom stereocenters. The van der Waals surface area contributed by atoms with Crippen LogP contribution in [0.15, 0.2) is 36.4 Å². The van der Waals surface area contributed by atoms with Crippen LogP contribution in [0, 0.1) is 6.92 Å². The molecule has 8 nitrogen and oxygen atoms in total. The summed E-state index contributed by atoms with van der Waals surface area (Å²) in [6, 6.07) is 9.51. The number of aromatic amines is 1. The van der Waals surface area contributed by atoms with Gasteiger partial charge in [-0.25, -0.2) is 4.98 Å². The number of nitrogens with zero attached hydrogens (tertiary/aromatic N) is 3. The molecule has 3 rings (SSSR count). The van der Waals surface area contributed by atoms with Crippen molar-refractivity contribution in [3.8, 4) is 0 Å². The Labute approximate surface area is 158 Å². The van der Waals surface area contributed by atoms with E-state index in [1.807, 2.05) is 47.4 Å². The highest BCUT2D eigenvalue weighted by Gasteiger charge is 2.30. The van der Waals surface area contributed by atoms with Crippen LogP contribution in [0.2, 0.25) is 0 Å². The Morgan fingerprint density at radius 1 is 1.37 bits per heavy atom. The minimum Gasteiger partial charge on any atom is -0.353 e.